The van der Waals surface area contributed by atoms with E-state index >= 15 is 0 Å². The highest BCUT2D eigenvalue weighted by molar-refractivity contribution is 7.89. The minimum absolute atomic E-state index is 0.0450. The van der Waals surface area contributed by atoms with Gasteiger partial charge in [-0.1, -0.05) is 23.7 Å². The summed E-state index contributed by atoms with van der Waals surface area (Å²) < 4.78 is 39.9. The summed E-state index contributed by atoms with van der Waals surface area (Å²) in [5.74, 6) is -0.881. The van der Waals surface area contributed by atoms with Crippen LogP contribution in [0.5, 0.6) is 0 Å². The highest BCUT2D eigenvalue weighted by Crippen LogP contribution is 2.17. The molecule has 0 heterocycles. The highest BCUT2D eigenvalue weighted by Gasteiger charge is 2.18. The highest BCUT2D eigenvalue weighted by atomic mass is 35.5. The summed E-state index contributed by atoms with van der Waals surface area (Å²) in [6.07, 6.45) is 0. The van der Waals surface area contributed by atoms with E-state index in [1.165, 1.54) is 6.07 Å². The first-order valence-corrected chi connectivity index (χ1v) is 7.54. The Labute approximate surface area is 121 Å². The van der Waals surface area contributed by atoms with Crippen LogP contribution in [0.2, 0.25) is 5.02 Å². The lowest BCUT2D eigenvalue weighted by Gasteiger charge is -2.08. The van der Waals surface area contributed by atoms with Crippen molar-refractivity contribution in [2.45, 2.75) is 11.4 Å². The molecular formula is C13H12ClFN2O2S. The predicted molar refractivity (Wildman–Crippen MR) is 76.3 cm³/mol. The van der Waals surface area contributed by atoms with Gasteiger partial charge < -0.3 is 5.73 Å². The third kappa shape index (κ3) is 3.47. The maximum atomic E-state index is 13.6. The summed E-state index contributed by atoms with van der Waals surface area (Å²) in [5, 5.41) is 0.557. The number of hydrogen-bond acceptors (Lipinski definition) is 3. The van der Waals surface area contributed by atoms with Gasteiger partial charge in [0.1, 0.15) is 10.7 Å². The molecule has 2 aromatic carbocycles. The van der Waals surface area contributed by atoms with Gasteiger partial charge in [0, 0.05) is 17.3 Å². The van der Waals surface area contributed by atoms with Crippen LogP contribution in [0.25, 0.3) is 0 Å². The van der Waals surface area contributed by atoms with Crippen LogP contribution in [-0.2, 0) is 16.6 Å². The van der Waals surface area contributed by atoms with Crippen molar-refractivity contribution in [2.75, 3.05) is 5.73 Å². The smallest absolute Gasteiger partial charge is 0.243 e. The third-order valence-corrected chi connectivity index (χ3v) is 4.31. The van der Waals surface area contributed by atoms with Crippen molar-refractivity contribution in [1.82, 2.24) is 4.72 Å². The second-order valence-electron chi connectivity index (χ2n) is 4.14. The van der Waals surface area contributed by atoms with Crippen LogP contribution in [-0.4, -0.2) is 8.42 Å². The molecule has 0 aromatic heterocycles. The van der Waals surface area contributed by atoms with Crippen molar-refractivity contribution in [3.63, 3.8) is 0 Å². The van der Waals surface area contributed by atoms with E-state index in [0.29, 0.717) is 10.6 Å². The number of halogens is 2. The quantitative estimate of drug-likeness (QED) is 0.852. The van der Waals surface area contributed by atoms with Gasteiger partial charge in [-0.05, 0) is 35.9 Å². The van der Waals surface area contributed by atoms with Crippen molar-refractivity contribution in [2.24, 2.45) is 0 Å². The average molecular weight is 315 g/mol. The normalized spacial score (nSPS) is 11.5. The Hall–Kier alpha value is -1.63. The lowest BCUT2D eigenvalue weighted by atomic mass is 10.2. The van der Waals surface area contributed by atoms with Crippen molar-refractivity contribution < 1.29 is 12.8 Å². The zero-order valence-electron chi connectivity index (χ0n) is 10.3. The van der Waals surface area contributed by atoms with Gasteiger partial charge in [-0.2, -0.15) is 0 Å². The SMILES string of the molecule is Nc1ccc(S(=O)(=O)NCc2ccc(Cl)cc2)c(F)c1. The maximum absolute atomic E-state index is 13.6. The number of benzene rings is 2. The topological polar surface area (TPSA) is 72.2 Å². The first-order valence-electron chi connectivity index (χ1n) is 5.67. The van der Waals surface area contributed by atoms with E-state index in [1.54, 1.807) is 24.3 Å². The molecule has 4 nitrogen and oxygen atoms in total. The zero-order chi connectivity index (χ0) is 14.8. The molecule has 0 fully saturated rings. The van der Waals surface area contributed by atoms with Crippen LogP contribution < -0.4 is 10.5 Å². The number of nitrogen functional groups attached to an aromatic ring is 1. The Bertz CT molecular complexity index is 718. The van der Waals surface area contributed by atoms with Crippen molar-refractivity contribution >= 4 is 27.3 Å². The molecule has 20 heavy (non-hydrogen) atoms. The second kappa shape index (κ2) is 5.78. The Morgan fingerprint density at radius 2 is 1.80 bits per heavy atom. The Kier molecular flexibility index (Phi) is 4.27. The molecule has 2 aromatic rings. The first kappa shape index (κ1) is 14.8. The fourth-order valence-corrected chi connectivity index (χ4v) is 2.79. The fraction of sp³-hybridized carbons (Fsp3) is 0.0769. The molecule has 0 saturated carbocycles. The fourth-order valence-electron chi connectivity index (χ4n) is 1.59. The molecule has 0 unspecified atom stereocenters. The summed E-state index contributed by atoms with van der Waals surface area (Å²) in [6, 6.07) is 10.1. The van der Waals surface area contributed by atoms with Gasteiger partial charge in [0.25, 0.3) is 0 Å². The number of nitrogens with two attached hydrogens (primary N) is 1. The van der Waals surface area contributed by atoms with E-state index < -0.39 is 20.7 Å². The monoisotopic (exact) mass is 314 g/mol. The molecule has 3 N–H and O–H groups in total. The van der Waals surface area contributed by atoms with E-state index in [4.69, 9.17) is 17.3 Å². The third-order valence-electron chi connectivity index (χ3n) is 2.63. The van der Waals surface area contributed by atoms with Gasteiger partial charge in [0.15, 0.2) is 0 Å². The summed E-state index contributed by atoms with van der Waals surface area (Å²) in [5.41, 5.74) is 6.26. The molecule has 106 valence electrons. The Balaban J connectivity index is 2.17. The lowest BCUT2D eigenvalue weighted by molar-refractivity contribution is 0.557. The molecule has 0 radical (unpaired) electrons. The Morgan fingerprint density at radius 1 is 1.15 bits per heavy atom. The van der Waals surface area contributed by atoms with E-state index in [9.17, 15) is 12.8 Å². The van der Waals surface area contributed by atoms with Crippen molar-refractivity contribution in [3.05, 3.63) is 58.9 Å². The molecule has 0 atom stereocenters. The van der Waals surface area contributed by atoms with Gasteiger partial charge in [0.2, 0.25) is 10.0 Å². The summed E-state index contributed by atoms with van der Waals surface area (Å²) in [7, 11) is -3.93. The number of nitrogens with one attached hydrogen (secondary N) is 1. The van der Waals surface area contributed by atoms with Crippen molar-refractivity contribution in [1.29, 1.82) is 0 Å². The molecular weight excluding hydrogens is 303 g/mol. The number of sulfonamides is 1. The molecule has 0 aliphatic heterocycles. The van der Waals surface area contributed by atoms with Crippen LogP contribution in [0, 0.1) is 5.82 Å². The largest absolute Gasteiger partial charge is 0.399 e. The molecule has 0 aliphatic rings. The maximum Gasteiger partial charge on any atom is 0.243 e. The lowest BCUT2D eigenvalue weighted by Crippen LogP contribution is -2.24. The number of hydrogen-bond donors (Lipinski definition) is 2. The van der Waals surface area contributed by atoms with Gasteiger partial charge in [-0.3, -0.25) is 0 Å². The summed E-state index contributed by atoms with van der Waals surface area (Å²) in [6.45, 7) is 0.0450. The summed E-state index contributed by atoms with van der Waals surface area (Å²) in [4.78, 5) is -0.430. The van der Waals surface area contributed by atoms with Crippen LogP contribution in [0.3, 0.4) is 0 Å². The van der Waals surface area contributed by atoms with E-state index in [0.717, 1.165) is 12.1 Å². The number of rotatable bonds is 4. The number of anilines is 1. The van der Waals surface area contributed by atoms with Gasteiger partial charge in [-0.25, -0.2) is 17.5 Å². The summed E-state index contributed by atoms with van der Waals surface area (Å²) >= 11 is 5.73. The zero-order valence-corrected chi connectivity index (χ0v) is 11.9. The molecule has 2 rings (SSSR count). The van der Waals surface area contributed by atoms with Crippen LogP contribution >= 0.6 is 11.6 Å². The molecule has 7 heteroatoms. The van der Waals surface area contributed by atoms with Crippen LogP contribution in [0.4, 0.5) is 10.1 Å². The van der Waals surface area contributed by atoms with Gasteiger partial charge in [0.05, 0.1) is 0 Å². The molecule has 0 spiro atoms. The second-order valence-corrected chi connectivity index (χ2v) is 6.31. The average Bonchev–Trinajstić information content (AvgIpc) is 2.37. The van der Waals surface area contributed by atoms with E-state index in [1.807, 2.05) is 0 Å². The molecule has 0 amide bonds. The van der Waals surface area contributed by atoms with Crippen LogP contribution in [0.1, 0.15) is 5.56 Å². The first-order chi connectivity index (χ1) is 9.38. The van der Waals surface area contributed by atoms with Crippen LogP contribution in [0.15, 0.2) is 47.4 Å². The van der Waals surface area contributed by atoms with Gasteiger partial charge >= 0.3 is 0 Å². The van der Waals surface area contributed by atoms with Crippen molar-refractivity contribution in [3.8, 4) is 0 Å². The predicted octanol–water partition coefficient (Wildman–Crippen LogP) is 2.54. The van der Waals surface area contributed by atoms with E-state index in [2.05, 4.69) is 4.72 Å². The molecule has 0 aliphatic carbocycles. The standard InChI is InChI=1S/C13H12ClFN2O2S/c14-10-3-1-9(2-4-10)8-17-20(18,19)13-6-5-11(16)7-12(13)15/h1-7,17H,8,16H2. The van der Waals surface area contributed by atoms with Gasteiger partial charge in [-0.15, -0.1) is 0 Å². The Morgan fingerprint density at radius 3 is 2.40 bits per heavy atom. The van der Waals surface area contributed by atoms with E-state index in [-0.39, 0.29) is 12.2 Å². The minimum Gasteiger partial charge on any atom is -0.399 e. The molecule has 0 bridgehead atoms. The minimum atomic E-state index is -3.93. The molecule has 0 saturated heterocycles.